The Kier molecular flexibility index (Phi) is 4.11. The highest BCUT2D eigenvalue weighted by molar-refractivity contribution is 6.04. The lowest BCUT2D eigenvalue weighted by molar-refractivity contribution is 0.102. The van der Waals surface area contributed by atoms with Gasteiger partial charge in [0.1, 0.15) is 0 Å². The summed E-state index contributed by atoms with van der Waals surface area (Å²) in [7, 11) is 3.82. The second-order valence-corrected chi connectivity index (χ2v) is 4.31. The van der Waals surface area contributed by atoms with Crippen molar-refractivity contribution in [3.8, 4) is 0 Å². The Morgan fingerprint density at radius 3 is 2.50 bits per heavy atom. The SMILES string of the molecule is CN(C)c1ccccc1NC(=O)c1ccc(NN)nn1. The largest absolute Gasteiger partial charge is 0.376 e. The van der Waals surface area contributed by atoms with E-state index >= 15 is 0 Å². The number of hydrazine groups is 1. The summed E-state index contributed by atoms with van der Waals surface area (Å²) in [5.74, 6) is 5.27. The van der Waals surface area contributed by atoms with E-state index in [2.05, 4.69) is 20.9 Å². The number of carbonyl (C=O) groups excluding carboxylic acids is 1. The second-order valence-electron chi connectivity index (χ2n) is 4.31. The van der Waals surface area contributed by atoms with Crippen LogP contribution in [0.2, 0.25) is 0 Å². The molecule has 7 heteroatoms. The van der Waals surface area contributed by atoms with Gasteiger partial charge in [-0.3, -0.25) is 4.79 Å². The maximum absolute atomic E-state index is 12.1. The van der Waals surface area contributed by atoms with E-state index in [-0.39, 0.29) is 11.6 Å². The standard InChI is InChI=1S/C13H16N6O/c1-19(2)11-6-4-3-5-9(11)15-13(20)10-7-8-12(16-14)18-17-10/h3-8H,14H2,1-2H3,(H,15,20)(H,16,18). The number of rotatable bonds is 4. The van der Waals surface area contributed by atoms with E-state index in [1.807, 2.05) is 43.3 Å². The number of para-hydroxylation sites is 2. The van der Waals surface area contributed by atoms with Crippen LogP contribution in [-0.4, -0.2) is 30.2 Å². The van der Waals surface area contributed by atoms with Crippen molar-refractivity contribution in [3.05, 3.63) is 42.1 Å². The van der Waals surface area contributed by atoms with Crippen molar-refractivity contribution in [3.63, 3.8) is 0 Å². The molecule has 0 fully saturated rings. The monoisotopic (exact) mass is 272 g/mol. The Morgan fingerprint density at radius 1 is 1.15 bits per heavy atom. The zero-order valence-electron chi connectivity index (χ0n) is 11.3. The van der Waals surface area contributed by atoms with Gasteiger partial charge in [-0.05, 0) is 24.3 Å². The zero-order chi connectivity index (χ0) is 14.5. The molecule has 7 nitrogen and oxygen atoms in total. The number of hydrogen-bond donors (Lipinski definition) is 3. The minimum absolute atomic E-state index is 0.220. The number of nitrogens with zero attached hydrogens (tertiary/aromatic N) is 3. The maximum Gasteiger partial charge on any atom is 0.276 e. The lowest BCUT2D eigenvalue weighted by Gasteiger charge is -2.17. The van der Waals surface area contributed by atoms with Crippen molar-refractivity contribution < 1.29 is 4.79 Å². The fourth-order valence-electron chi connectivity index (χ4n) is 1.69. The Labute approximate surface area is 116 Å². The molecule has 0 spiro atoms. The quantitative estimate of drug-likeness (QED) is 0.569. The summed E-state index contributed by atoms with van der Waals surface area (Å²) in [5, 5.41) is 10.4. The van der Waals surface area contributed by atoms with Crippen molar-refractivity contribution in [2.24, 2.45) is 5.84 Å². The predicted octanol–water partition coefficient (Wildman–Crippen LogP) is 1.08. The molecule has 0 radical (unpaired) electrons. The van der Waals surface area contributed by atoms with E-state index in [0.717, 1.165) is 5.69 Å². The number of aromatic nitrogens is 2. The molecule has 2 rings (SSSR count). The summed E-state index contributed by atoms with van der Waals surface area (Å²) in [5.41, 5.74) is 4.20. The van der Waals surface area contributed by atoms with Crippen LogP contribution in [0.5, 0.6) is 0 Å². The van der Waals surface area contributed by atoms with Gasteiger partial charge in [-0.25, -0.2) is 5.84 Å². The fraction of sp³-hybridized carbons (Fsp3) is 0.154. The molecule has 0 bridgehead atoms. The third-order valence-electron chi connectivity index (χ3n) is 2.68. The molecular formula is C13H16N6O. The molecule has 20 heavy (non-hydrogen) atoms. The van der Waals surface area contributed by atoms with Gasteiger partial charge < -0.3 is 15.6 Å². The van der Waals surface area contributed by atoms with Gasteiger partial charge in [-0.1, -0.05) is 12.1 Å². The zero-order valence-corrected chi connectivity index (χ0v) is 11.3. The highest BCUT2D eigenvalue weighted by atomic mass is 16.1. The van der Waals surface area contributed by atoms with E-state index in [4.69, 9.17) is 5.84 Å². The second kappa shape index (κ2) is 5.98. The number of benzene rings is 1. The molecule has 0 unspecified atom stereocenters. The predicted molar refractivity (Wildman–Crippen MR) is 78.6 cm³/mol. The summed E-state index contributed by atoms with van der Waals surface area (Å²) in [6, 6.07) is 10.6. The first-order chi connectivity index (χ1) is 9.61. The number of carbonyl (C=O) groups is 1. The molecule has 1 aromatic heterocycles. The summed E-state index contributed by atoms with van der Waals surface area (Å²) >= 11 is 0. The summed E-state index contributed by atoms with van der Waals surface area (Å²) in [6.45, 7) is 0. The summed E-state index contributed by atoms with van der Waals surface area (Å²) in [6.07, 6.45) is 0. The summed E-state index contributed by atoms with van der Waals surface area (Å²) < 4.78 is 0. The van der Waals surface area contributed by atoms with E-state index in [0.29, 0.717) is 11.5 Å². The minimum atomic E-state index is -0.324. The van der Waals surface area contributed by atoms with Crippen LogP contribution >= 0.6 is 0 Å². The van der Waals surface area contributed by atoms with E-state index < -0.39 is 0 Å². The smallest absolute Gasteiger partial charge is 0.276 e. The molecule has 0 aliphatic heterocycles. The lowest BCUT2D eigenvalue weighted by atomic mass is 10.2. The van der Waals surface area contributed by atoms with Gasteiger partial charge in [0.15, 0.2) is 11.5 Å². The highest BCUT2D eigenvalue weighted by Gasteiger charge is 2.11. The average Bonchev–Trinajstić information content (AvgIpc) is 2.47. The van der Waals surface area contributed by atoms with Crippen molar-refractivity contribution in [2.75, 3.05) is 29.7 Å². The molecule has 1 amide bonds. The molecule has 0 aliphatic rings. The van der Waals surface area contributed by atoms with Gasteiger partial charge in [-0.2, -0.15) is 0 Å². The Bertz CT molecular complexity index is 596. The number of anilines is 3. The van der Waals surface area contributed by atoms with Gasteiger partial charge in [0.2, 0.25) is 0 Å². The third kappa shape index (κ3) is 3.01. The van der Waals surface area contributed by atoms with Crippen LogP contribution < -0.4 is 21.5 Å². The average molecular weight is 272 g/mol. The minimum Gasteiger partial charge on any atom is -0.376 e. The third-order valence-corrected chi connectivity index (χ3v) is 2.68. The van der Waals surface area contributed by atoms with Crippen LogP contribution in [0, 0.1) is 0 Å². The Morgan fingerprint density at radius 2 is 1.90 bits per heavy atom. The molecule has 1 heterocycles. The molecule has 2 aromatic rings. The van der Waals surface area contributed by atoms with Crippen molar-refractivity contribution in [1.29, 1.82) is 0 Å². The highest BCUT2D eigenvalue weighted by Crippen LogP contribution is 2.23. The molecular weight excluding hydrogens is 256 g/mol. The van der Waals surface area contributed by atoms with Gasteiger partial charge in [0, 0.05) is 14.1 Å². The normalized spacial score (nSPS) is 9.95. The number of nitrogens with two attached hydrogens (primary N) is 1. The van der Waals surface area contributed by atoms with E-state index in [1.54, 1.807) is 12.1 Å². The topological polar surface area (TPSA) is 96.2 Å². The first-order valence-corrected chi connectivity index (χ1v) is 6.00. The number of amides is 1. The van der Waals surface area contributed by atoms with Gasteiger partial charge in [0.25, 0.3) is 5.91 Å². The molecule has 4 N–H and O–H groups in total. The van der Waals surface area contributed by atoms with E-state index in [1.165, 1.54) is 0 Å². The Balaban J connectivity index is 2.19. The first kappa shape index (κ1) is 13.8. The van der Waals surface area contributed by atoms with E-state index in [9.17, 15) is 4.79 Å². The van der Waals surface area contributed by atoms with Crippen LogP contribution in [0.25, 0.3) is 0 Å². The first-order valence-electron chi connectivity index (χ1n) is 6.00. The molecule has 104 valence electrons. The fourth-order valence-corrected chi connectivity index (χ4v) is 1.69. The number of nitrogens with one attached hydrogen (secondary N) is 2. The van der Waals surface area contributed by atoms with Gasteiger partial charge in [0.05, 0.1) is 11.4 Å². The van der Waals surface area contributed by atoms with Gasteiger partial charge in [-0.15, -0.1) is 10.2 Å². The van der Waals surface area contributed by atoms with Crippen molar-refractivity contribution in [1.82, 2.24) is 10.2 Å². The lowest BCUT2D eigenvalue weighted by Crippen LogP contribution is -2.18. The number of nitrogen functional groups attached to an aromatic ring is 1. The van der Waals surface area contributed by atoms with Crippen molar-refractivity contribution >= 4 is 23.1 Å². The molecule has 1 aromatic carbocycles. The Hall–Kier alpha value is -2.67. The molecule has 0 saturated heterocycles. The van der Waals surface area contributed by atoms with Crippen LogP contribution in [0.4, 0.5) is 17.2 Å². The van der Waals surface area contributed by atoms with Crippen LogP contribution in [0.3, 0.4) is 0 Å². The van der Waals surface area contributed by atoms with Gasteiger partial charge >= 0.3 is 0 Å². The molecule has 0 saturated carbocycles. The van der Waals surface area contributed by atoms with Crippen LogP contribution in [0.1, 0.15) is 10.5 Å². The van der Waals surface area contributed by atoms with Crippen LogP contribution in [-0.2, 0) is 0 Å². The number of hydrogen-bond acceptors (Lipinski definition) is 6. The van der Waals surface area contributed by atoms with Crippen molar-refractivity contribution in [2.45, 2.75) is 0 Å². The molecule has 0 aliphatic carbocycles. The maximum atomic E-state index is 12.1. The summed E-state index contributed by atoms with van der Waals surface area (Å²) in [4.78, 5) is 14.0. The molecule has 0 atom stereocenters. The van der Waals surface area contributed by atoms with Crippen LogP contribution in [0.15, 0.2) is 36.4 Å².